The third-order valence-corrected chi connectivity index (χ3v) is 4.32. The fraction of sp³-hybridized carbons (Fsp3) is 0.533. The molecule has 1 aromatic carbocycles. The number of hydrogen-bond donors (Lipinski definition) is 0. The van der Waals surface area contributed by atoms with Gasteiger partial charge in [-0.15, -0.1) is 0 Å². The molecule has 6 heteroatoms. The summed E-state index contributed by atoms with van der Waals surface area (Å²) in [7, 11) is 0. The summed E-state index contributed by atoms with van der Waals surface area (Å²) in [6.07, 6.45) is 4.80. The molecule has 5 nitrogen and oxygen atoms in total. The molecule has 1 aliphatic rings. The number of rotatable bonds is 4. The van der Waals surface area contributed by atoms with Crippen molar-refractivity contribution in [2.75, 3.05) is 0 Å². The number of hydrogen-bond acceptors (Lipinski definition) is 4. The molecule has 2 unspecified atom stereocenters. The molecule has 1 aliphatic carbocycles. The van der Waals surface area contributed by atoms with Gasteiger partial charge in [0.05, 0.1) is 4.92 Å². The van der Waals surface area contributed by atoms with Crippen LogP contribution >= 0.6 is 11.6 Å². The van der Waals surface area contributed by atoms with E-state index in [4.69, 9.17) is 16.3 Å². The minimum absolute atomic E-state index is 0.0508. The molecule has 1 saturated carbocycles. The van der Waals surface area contributed by atoms with Crippen LogP contribution in [0.4, 0.5) is 5.69 Å². The maximum atomic E-state index is 12.3. The SMILES string of the molecule is CCC1CCCCC1OC(=O)c1cccc(Cl)c1[N+](=O)[O-]. The molecule has 0 heterocycles. The van der Waals surface area contributed by atoms with Crippen molar-refractivity contribution in [3.05, 3.63) is 38.9 Å². The van der Waals surface area contributed by atoms with Gasteiger partial charge in [-0.2, -0.15) is 0 Å². The maximum absolute atomic E-state index is 12.3. The van der Waals surface area contributed by atoms with Crippen molar-refractivity contribution in [2.24, 2.45) is 5.92 Å². The Labute approximate surface area is 128 Å². The molecular formula is C15H18ClNO4. The van der Waals surface area contributed by atoms with Crippen LogP contribution in [0.25, 0.3) is 0 Å². The van der Waals surface area contributed by atoms with Gasteiger partial charge in [0.25, 0.3) is 0 Å². The first-order valence-electron chi connectivity index (χ1n) is 7.18. The van der Waals surface area contributed by atoms with Gasteiger partial charge >= 0.3 is 11.7 Å². The highest BCUT2D eigenvalue weighted by Crippen LogP contribution is 2.32. The van der Waals surface area contributed by atoms with E-state index in [0.717, 1.165) is 32.1 Å². The third kappa shape index (κ3) is 3.53. The van der Waals surface area contributed by atoms with E-state index in [1.807, 2.05) is 0 Å². The number of nitro benzene ring substituents is 1. The van der Waals surface area contributed by atoms with Gasteiger partial charge in [0, 0.05) is 0 Å². The molecule has 2 atom stereocenters. The first-order chi connectivity index (χ1) is 10.0. The number of nitro groups is 1. The van der Waals surface area contributed by atoms with Crippen molar-refractivity contribution in [1.29, 1.82) is 0 Å². The Morgan fingerprint density at radius 1 is 1.43 bits per heavy atom. The number of para-hydroxylation sites is 1. The first-order valence-corrected chi connectivity index (χ1v) is 7.56. The van der Waals surface area contributed by atoms with Gasteiger partial charge in [0.2, 0.25) is 0 Å². The van der Waals surface area contributed by atoms with Gasteiger partial charge in [-0.25, -0.2) is 4.79 Å². The molecule has 0 spiro atoms. The highest BCUT2D eigenvalue weighted by atomic mass is 35.5. The number of halogens is 1. The highest BCUT2D eigenvalue weighted by Gasteiger charge is 2.30. The zero-order valence-corrected chi connectivity index (χ0v) is 12.6. The van der Waals surface area contributed by atoms with Gasteiger partial charge in [-0.05, 0) is 43.7 Å². The molecule has 0 aliphatic heterocycles. The molecule has 21 heavy (non-hydrogen) atoms. The van der Waals surface area contributed by atoms with Crippen LogP contribution in [0.2, 0.25) is 5.02 Å². The van der Waals surface area contributed by atoms with E-state index in [1.54, 1.807) is 0 Å². The average molecular weight is 312 g/mol. The lowest BCUT2D eigenvalue weighted by Crippen LogP contribution is -2.30. The Kier molecular flexibility index (Phi) is 5.17. The van der Waals surface area contributed by atoms with Crippen molar-refractivity contribution >= 4 is 23.3 Å². The minimum atomic E-state index is -0.658. The molecule has 0 radical (unpaired) electrons. The van der Waals surface area contributed by atoms with Crippen molar-refractivity contribution in [2.45, 2.75) is 45.1 Å². The second kappa shape index (κ2) is 6.89. The van der Waals surface area contributed by atoms with Crippen LogP contribution in [0.5, 0.6) is 0 Å². The zero-order chi connectivity index (χ0) is 15.4. The molecule has 0 N–H and O–H groups in total. The van der Waals surface area contributed by atoms with Gasteiger partial charge in [-0.1, -0.05) is 31.0 Å². The highest BCUT2D eigenvalue weighted by molar-refractivity contribution is 6.33. The number of nitrogens with zero attached hydrogens (tertiary/aromatic N) is 1. The summed E-state index contributed by atoms with van der Waals surface area (Å²) in [5.74, 6) is -0.324. The lowest BCUT2D eigenvalue weighted by molar-refractivity contribution is -0.385. The van der Waals surface area contributed by atoms with Crippen LogP contribution < -0.4 is 0 Å². The summed E-state index contributed by atoms with van der Waals surface area (Å²) in [4.78, 5) is 22.7. The number of carbonyl (C=O) groups is 1. The normalized spacial score (nSPS) is 21.8. The lowest BCUT2D eigenvalue weighted by Gasteiger charge is -2.30. The minimum Gasteiger partial charge on any atom is -0.458 e. The zero-order valence-electron chi connectivity index (χ0n) is 11.9. The Hall–Kier alpha value is -1.62. The number of benzene rings is 1. The van der Waals surface area contributed by atoms with E-state index in [2.05, 4.69) is 6.92 Å². The van der Waals surface area contributed by atoms with Crippen LogP contribution in [0, 0.1) is 16.0 Å². The van der Waals surface area contributed by atoms with Crippen molar-refractivity contribution in [1.82, 2.24) is 0 Å². The Morgan fingerprint density at radius 2 is 2.14 bits per heavy atom. The molecular weight excluding hydrogens is 294 g/mol. The van der Waals surface area contributed by atoms with E-state index in [9.17, 15) is 14.9 Å². The quantitative estimate of drug-likeness (QED) is 0.470. The fourth-order valence-corrected chi connectivity index (χ4v) is 3.11. The number of carbonyl (C=O) groups excluding carboxylic acids is 1. The molecule has 0 aromatic heterocycles. The van der Waals surface area contributed by atoms with Crippen LogP contribution in [0.3, 0.4) is 0 Å². The summed E-state index contributed by atoms with van der Waals surface area (Å²) in [5, 5.41) is 11.0. The topological polar surface area (TPSA) is 69.4 Å². The molecule has 0 saturated heterocycles. The summed E-state index contributed by atoms with van der Waals surface area (Å²) >= 11 is 5.82. The average Bonchev–Trinajstić information content (AvgIpc) is 2.47. The maximum Gasteiger partial charge on any atom is 0.345 e. The van der Waals surface area contributed by atoms with Crippen LogP contribution in [0.15, 0.2) is 18.2 Å². The molecule has 2 rings (SSSR count). The Morgan fingerprint density at radius 3 is 2.81 bits per heavy atom. The van der Waals surface area contributed by atoms with E-state index >= 15 is 0 Å². The van der Waals surface area contributed by atoms with Crippen molar-refractivity contribution < 1.29 is 14.5 Å². The standard InChI is InChI=1S/C15H18ClNO4/c1-2-10-6-3-4-9-13(10)21-15(18)11-7-5-8-12(16)14(11)17(19)20/h5,7-8,10,13H,2-4,6,9H2,1H3. The van der Waals surface area contributed by atoms with Crippen molar-refractivity contribution in [3.8, 4) is 0 Å². The molecule has 0 amide bonds. The van der Waals surface area contributed by atoms with Gasteiger partial charge in [-0.3, -0.25) is 10.1 Å². The van der Waals surface area contributed by atoms with Gasteiger partial charge in [0.15, 0.2) is 0 Å². The smallest absolute Gasteiger partial charge is 0.345 e. The van der Waals surface area contributed by atoms with Crippen LogP contribution in [0.1, 0.15) is 49.4 Å². The summed E-state index contributed by atoms with van der Waals surface area (Å²) in [5.41, 5.74) is -0.457. The summed E-state index contributed by atoms with van der Waals surface area (Å²) in [6.45, 7) is 2.07. The second-order valence-electron chi connectivity index (χ2n) is 5.29. The second-order valence-corrected chi connectivity index (χ2v) is 5.70. The van der Waals surface area contributed by atoms with E-state index in [0.29, 0.717) is 5.92 Å². The Bertz CT molecular complexity index is 546. The largest absolute Gasteiger partial charge is 0.458 e. The monoisotopic (exact) mass is 311 g/mol. The molecule has 114 valence electrons. The van der Waals surface area contributed by atoms with Crippen molar-refractivity contribution in [3.63, 3.8) is 0 Å². The fourth-order valence-electron chi connectivity index (χ4n) is 2.86. The van der Waals surface area contributed by atoms with Gasteiger partial charge in [0.1, 0.15) is 16.7 Å². The number of ether oxygens (including phenoxy) is 1. The van der Waals surface area contributed by atoms with Crippen LogP contribution in [-0.2, 0) is 4.74 Å². The molecule has 0 bridgehead atoms. The molecule has 1 aromatic rings. The summed E-state index contributed by atoms with van der Waals surface area (Å²) < 4.78 is 5.52. The van der Waals surface area contributed by atoms with E-state index in [1.165, 1.54) is 18.2 Å². The lowest BCUT2D eigenvalue weighted by atomic mass is 9.85. The van der Waals surface area contributed by atoms with Crippen LogP contribution in [-0.4, -0.2) is 17.0 Å². The third-order valence-electron chi connectivity index (χ3n) is 4.01. The van der Waals surface area contributed by atoms with Gasteiger partial charge < -0.3 is 4.74 Å². The van der Waals surface area contributed by atoms with E-state index < -0.39 is 10.9 Å². The van der Waals surface area contributed by atoms with E-state index in [-0.39, 0.29) is 22.4 Å². The molecule has 1 fully saturated rings. The summed E-state index contributed by atoms with van der Waals surface area (Å²) in [6, 6.07) is 4.30. The predicted octanol–water partition coefficient (Wildman–Crippen LogP) is 4.37. The first kappa shape index (κ1) is 15.8. The Balaban J connectivity index is 2.20. The number of esters is 1. The predicted molar refractivity (Wildman–Crippen MR) is 79.6 cm³/mol.